The number of hydrogen-bond acceptors (Lipinski definition) is 2. The highest BCUT2D eigenvalue weighted by atomic mass is 79.9. The van der Waals surface area contributed by atoms with E-state index in [0.717, 1.165) is 11.4 Å². The third-order valence-corrected chi connectivity index (χ3v) is 3.16. The van der Waals surface area contributed by atoms with Crippen molar-refractivity contribution in [3.05, 3.63) is 38.9 Å². The summed E-state index contributed by atoms with van der Waals surface area (Å²) < 4.78 is 0.500. The molecule has 2 aromatic heterocycles. The monoisotopic (exact) mass is 295 g/mol. The maximum atomic E-state index is 11.8. The van der Waals surface area contributed by atoms with Gasteiger partial charge in [0.1, 0.15) is 4.47 Å². The van der Waals surface area contributed by atoms with Gasteiger partial charge in [0.25, 0.3) is 5.56 Å². The largest absolute Gasteiger partial charge is 0.359 e. The first-order valence-electron chi connectivity index (χ1n) is 5.33. The van der Waals surface area contributed by atoms with Crippen molar-refractivity contribution in [1.29, 1.82) is 0 Å². The van der Waals surface area contributed by atoms with Crippen LogP contribution < -0.4 is 5.56 Å². The lowest BCUT2D eigenvalue weighted by molar-refractivity contribution is 0.562. The molecule has 2 aromatic rings. The van der Waals surface area contributed by atoms with Crippen LogP contribution in [0.25, 0.3) is 11.5 Å². The van der Waals surface area contributed by atoms with Crippen LogP contribution in [0.5, 0.6) is 0 Å². The summed E-state index contributed by atoms with van der Waals surface area (Å²) in [5, 5.41) is 0. The lowest BCUT2D eigenvalue weighted by Gasteiger charge is -2.19. The number of nitrogens with zero attached hydrogens (tertiary/aromatic N) is 1. The highest BCUT2D eigenvalue weighted by molar-refractivity contribution is 9.10. The van der Waals surface area contributed by atoms with Gasteiger partial charge in [-0.25, -0.2) is 4.98 Å². The zero-order valence-corrected chi connectivity index (χ0v) is 11.6. The Morgan fingerprint density at radius 3 is 2.59 bits per heavy atom. The number of hydrogen-bond donors (Lipinski definition) is 2. The Labute approximate surface area is 108 Å². The minimum absolute atomic E-state index is 0.158. The number of rotatable bonds is 1. The number of H-pyrrole nitrogens is 2. The average molecular weight is 296 g/mol. The molecule has 0 aliphatic heterocycles. The molecule has 0 atom stereocenters. The predicted octanol–water partition coefficient (Wildman–Crippen LogP) is 2.83. The summed E-state index contributed by atoms with van der Waals surface area (Å²) in [4.78, 5) is 22.1. The molecule has 0 unspecified atom stereocenters. The molecule has 0 amide bonds. The van der Waals surface area contributed by atoms with Gasteiger partial charge in [-0.3, -0.25) is 4.79 Å². The van der Waals surface area contributed by atoms with Crippen LogP contribution in [0.4, 0.5) is 0 Å². The quantitative estimate of drug-likeness (QED) is 0.850. The molecule has 0 aliphatic carbocycles. The molecular formula is C12H14BrN3O. The predicted molar refractivity (Wildman–Crippen MR) is 71.0 cm³/mol. The standard InChI is InChI=1S/C12H14BrN3O/c1-12(2,3)9-8(13)11(17)16-10(15-9)7-5-4-6-14-7/h4-6,14H,1-3H3,(H,15,16,17). The number of aromatic amines is 2. The van der Waals surface area contributed by atoms with E-state index in [-0.39, 0.29) is 11.0 Å². The van der Waals surface area contributed by atoms with E-state index >= 15 is 0 Å². The molecule has 2 heterocycles. The molecule has 0 aromatic carbocycles. The lowest BCUT2D eigenvalue weighted by Crippen LogP contribution is -2.22. The van der Waals surface area contributed by atoms with E-state index in [1.165, 1.54) is 0 Å². The first-order valence-corrected chi connectivity index (χ1v) is 6.13. The van der Waals surface area contributed by atoms with Crippen molar-refractivity contribution in [1.82, 2.24) is 15.0 Å². The summed E-state index contributed by atoms with van der Waals surface area (Å²) in [7, 11) is 0. The third-order valence-electron chi connectivity index (χ3n) is 2.43. The summed E-state index contributed by atoms with van der Waals surface area (Å²) in [6, 6.07) is 3.74. The van der Waals surface area contributed by atoms with E-state index in [9.17, 15) is 4.79 Å². The number of halogens is 1. The fourth-order valence-electron chi connectivity index (χ4n) is 1.56. The van der Waals surface area contributed by atoms with Gasteiger partial charge in [-0.1, -0.05) is 20.8 Å². The fourth-order valence-corrected chi connectivity index (χ4v) is 2.34. The van der Waals surface area contributed by atoms with Crippen molar-refractivity contribution in [3.8, 4) is 11.5 Å². The van der Waals surface area contributed by atoms with Crippen LogP contribution >= 0.6 is 15.9 Å². The third kappa shape index (κ3) is 2.34. The summed E-state index contributed by atoms with van der Waals surface area (Å²) in [6.45, 7) is 6.08. The Morgan fingerprint density at radius 1 is 1.35 bits per heavy atom. The summed E-state index contributed by atoms with van der Waals surface area (Å²) >= 11 is 3.30. The Kier molecular flexibility index (Phi) is 2.95. The maximum Gasteiger partial charge on any atom is 0.265 e. The lowest BCUT2D eigenvalue weighted by atomic mass is 9.92. The van der Waals surface area contributed by atoms with Crippen LogP contribution in [0.15, 0.2) is 27.6 Å². The van der Waals surface area contributed by atoms with Crippen LogP contribution in [0.1, 0.15) is 26.5 Å². The zero-order valence-electron chi connectivity index (χ0n) is 9.97. The SMILES string of the molecule is CC(C)(C)c1nc(-c2ccc[nH]2)[nH]c(=O)c1Br. The molecular weight excluding hydrogens is 282 g/mol. The van der Waals surface area contributed by atoms with Crippen molar-refractivity contribution >= 4 is 15.9 Å². The van der Waals surface area contributed by atoms with Gasteiger partial charge in [0.15, 0.2) is 5.82 Å². The molecule has 4 nitrogen and oxygen atoms in total. The molecule has 2 N–H and O–H groups in total. The van der Waals surface area contributed by atoms with Gasteiger partial charge >= 0.3 is 0 Å². The molecule has 0 bridgehead atoms. The minimum Gasteiger partial charge on any atom is -0.359 e. The molecule has 0 saturated heterocycles. The molecule has 0 radical (unpaired) electrons. The number of aromatic nitrogens is 3. The van der Waals surface area contributed by atoms with Crippen LogP contribution in [0.2, 0.25) is 0 Å². The highest BCUT2D eigenvalue weighted by Gasteiger charge is 2.22. The Hall–Kier alpha value is -1.36. The van der Waals surface area contributed by atoms with Crippen LogP contribution in [-0.4, -0.2) is 15.0 Å². The molecule has 5 heteroatoms. The van der Waals surface area contributed by atoms with Crippen molar-refractivity contribution in [2.24, 2.45) is 0 Å². The molecule has 0 fully saturated rings. The smallest absolute Gasteiger partial charge is 0.265 e. The highest BCUT2D eigenvalue weighted by Crippen LogP contribution is 2.26. The second-order valence-corrected chi connectivity index (χ2v) is 5.70. The molecule has 0 saturated carbocycles. The Bertz CT molecular complexity index is 579. The second kappa shape index (κ2) is 4.14. The van der Waals surface area contributed by atoms with Crippen LogP contribution in [-0.2, 0) is 5.41 Å². The van der Waals surface area contributed by atoms with Gasteiger partial charge in [-0.05, 0) is 28.1 Å². The van der Waals surface area contributed by atoms with E-state index in [2.05, 4.69) is 30.9 Å². The number of nitrogens with one attached hydrogen (secondary N) is 2. The zero-order chi connectivity index (χ0) is 12.6. The van der Waals surface area contributed by atoms with Gasteiger partial charge < -0.3 is 9.97 Å². The van der Waals surface area contributed by atoms with Crippen molar-refractivity contribution in [3.63, 3.8) is 0 Å². The second-order valence-electron chi connectivity index (χ2n) is 4.91. The van der Waals surface area contributed by atoms with Gasteiger partial charge in [0.2, 0.25) is 0 Å². The maximum absolute atomic E-state index is 11.8. The van der Waals surface area contributed by atoms with E-state index in [1.807, 2.05) is 32.9 Å². The van der Waals surface area contributed by atoms with Crippen LogP contribution in [0, 0.1) is 0 Å². The normalized spacial score (nSPS) is 11.8. The summed E-state index contributed by atoms with van der Waals surface area (Å²) in [6.07, 6.45) is 1.80. The molecule has 2 rings (SSSR count). The Morgan fingerprint density at radius 2 is 2.06 bits per heavy atom. The topological polar surface area (TPSA) is 61.5 Å². The van der Waals surface area contributed by atoms with Crippen molar-refractivity contribution in [2.45, 2.75) is 26.2 Å². The van der Waals surface area contributed by atoms with E-state index in [1.54, 1.807) is 6.20 Å². The minimum atomic E-state index is -0.186. The first kappa shape index (κ1) is 12.1. The van der Waals surface area contributed by atoms with Crippen molar-refractivity contribution < 1.29 is 0 Å². The molecule has 0 aliphatic rings. The molecule has 90 valence electrons. The Balaban J connectivity index is 2.67. The molecule has 17 heavy (non-hydrogen) atoms. The van der Waals surface area contributed by atoms with Gasteiger partial charge in [-0.15, -0.1) is 0 Å². The van der Waals surface area contributed by atoms with E-state index in [4.69, 9.17) is 0 Å². The first-order chi connectivity index (χ1) is 7.89. The molecule has 0 spiro atoms. The summed E-state index contributed by atoms with van der Waals surface area (Å²) in [5.74, 6) is 0.563. The fraction of sp³-hybridized carbons (Fsp3) is 0.333. The van der Waals surface area contributed by atoms with Gasteiger partial charge in [-0.2, -0.15) is 0 Å². The average Bonchev–Trinajstić information content (AvgIpc) is 2.73. The van der Waals surface area contributed by atoms with Gasteiger partial charge in [0.05, 0.1) is 11.4 Å². The van der Waals surface area contributed by atoms with Crippen molar-refractivity contribution in [2.75, 3.05) is 0 Å². The van der Waals surface area contributed by atoms with Crippen LogP contribution in [0.3, 0.4) is 0 Å². The summed E-state index contributed by atoms with van der Waals surface area (Å²) in [5.41, 5.74) is 1.22. The van der Waals surface area contributed by atoms with E-state index in [0.29, 0.717) is 10.3 Å². The van der Waals surface area contributed by atoms with Gasteiger partial charge in [0, 0.05) is 11.6 Å². The van der Waals surface area contributed by atoms with E-state index < -0.39 is 0 Å².